The highest BCUT2D eigenvalue weighted by Gasteiger charge is 2.10. The van der Waals surface area contributed by atoms with Gasteiger partial charge in [-0.05, 0) is 18.2 Å². The first-order valence-electron chi connectivity index (χ1n) is 5.25. The number of fused-ring (bicyclic) bond motifs is 1. The standard InChI is InChI=1S/C11H10ClN5O/c1-18-11-13-4-5-16(11)17-7-8-2-3-9(12)6-10(8)14-15-17/h2-7,15H,1H3. The average molecular weight is 264 g/mol. The Balaban J connectivity index is 2.06. The van der Waals surface area contributed by atoms with Gasteiger partial charge in [0.2, 0.25) is 0 Å². The van der Waals surface area contributed by atoms with Gasteiger partial charge in [0.1, 0.15) is 0 Å². The lowest BCUT2D eigenvalue weighted by molar-refractivity contribution is 0.351. The number of imidazole rings is 1. The molecule has 1 aromatic carbocycles. The van der Waals surface area contributed by atoms with E-state index in [1.165, 1.54) is 0 Å². The van der Waals surface area contributed by atoms with Crippen molar-refractivity contribution < 1.29 is 4.74 Å². The second-order valence-electron chi connectivity index (χ2n) is 3.65. The molecule has 6 nitrogen and oxygen atoms in total. The maximum absolute atomic E-state index is 5.91. The lowest BCUT2D eigenvalue weighted by Crippen LogP contribution is -2.47. The summed E-state index contributed by atoms with van der Waals surface area (Å²) in [6, 6.07) is 5.98. The number of hydrazine groups is 1. The van der Waals surface area contributed by atoms with Crippen molar-refractivity contribution in [1.29, 1.82) is 0 Å². The number of methoxy groups -OCH3 is 1. The van der Waals surface area contributed by atoms with Gasteiger partial charge in [0.05, 0.1) is 31.1 Å². The van der Waals surface area contributed by atoms with Crippen LogP contribution in [0.5, 0.6) is 6.01 Å². The maximum Gasteiger partial charge on any atom is 0.317 e. The fourth-order valence-electron chi connectivity index (χ4n) is 1.69. The zero-order valence-corrected chi connectivity index (χ0v) is 10.3. The molecule has 3 rings (SSSR count). The molecule has 1 aliphatic heterocycles. The minimum Gasteiger partial charge on any atom is -0.467 e. The predicted octanol–water partition coefficient (Wildman–Crippen LogP) is -0.0259. The normalized spacial score (nSPS) is 13.1. The summed E-state index contributed by atoms with van der Waals surface area (Å²) in [6.07, 6.45) is 5.29. The van der Waals surface area contributed by atoms with Crippen LogP contribution in [-0.2, 0) is 0 Å². The SMILES string of the molecule is COc1nccn1N1C=c2ccc(Cl)cc2=NN1. The van der Waals surface area contributed by atoms with Gasteiger partial charge in [-0.25, -0.2) is 4.98 Å². The quantitative estimate of drug-likeness (QED) is 0.827. The lowest BCUT2D eigenvalue weighted by Gasteiger charge is -2.22. The van der Waals surface area contributed by atoms with E-state index in [0.29, 0.717) is 11.0 Å². The molecule has 0 unspecified atom stereocenters. The van der Waals surface area contributed by atoms with Crippen molar-refractivity contribution in [2.45, 2.75) is 0 Å². The van der Waals surface area contributed by atoms with Gasteiger partial charge >= 0.3 is 6.01 Å². The number of nitrogens with one attached hydrogen (secondary N) is 1. The highest BCUT2D eigenvalue weighted by atomic mass is 35.5. The molecule has 1 N–H and O–H groups in total. The smallest absolute Gasteiger partial charge is 0.317 e. The number of hydrogen-bond donors (Lipinski definition) is 1. The molecule has 0 spiro atoms. The fourth-order valence-corrected chi connectivity index (χ4v) is 1.86. The summed E-state index contributed by atoms with van der Waals surface area (Å²) in [5, 5.41) is 8.29. The molecule has 2 heterocycles. The molecule has 0 atom stereocenters. The first-order chi connectivity index (χ1) is 8.78. The van der Waals surface area contributed by atoms with Crippen LogP contribution in [0.15, 0.2) is 35.7 Å². The third-order valence-electron chi connectivity index (χ3n) is 2.53. The van der Waals surface area contributed by atoms with E-state index in [2.05, 4.69) is 15.6 Å². The zero-order chi connectivity index (χ0) is 12.5. The van der Waals surface area contributed by atoms with Gasteiger partial charge in [0.25, 0.3) is 0 Å². The van der Waals surface area contributed by atoms with E-state index in [9.17, 15) is 0 Å². The average Bonchev–Trinajstić information content (AvgIpc) is 2.86. The number of aromatic nitrogens is 2. The third kappa shape index (κ3) is 1.76. The Hall–Kier alpha value is -2.21. The molecular formula is C11H10ClN5O. The van der Waals surface area contributed by atoms with Gasteiger partial charge in [0.15, 0.2) is 0 Å². The van der Waals surface area contributed by atoms with Crippen LogP contribution in [0.2, 0.25) is 5.02 Å². The molecule has 1 aromatic heterocycles. The minimum atomic E-state index is 0.464. The highest BCUT2D eigenvalue weighted by Crippen LogP contribution is 2.07. The molecular weight excluding hydrogens is 254 g/mol. The molecule has 0 amide bonds. The van der Waals surface area contributed by atoms with E-state index in [0.717, 1.165) is 10.6 Å². The molecule has 1 aliphatic rings. The summed E-state index contributed by atoms with van der Waals surface area (Å²) in [7, 11) is 1.56. The van der Waals surface area contributed by atoms with Crippen LogP contribution in [-0.4, -0.2) is 16.8 Å². The fraction of sp³-hybridized carbons (Fsp3) is 0.0909. The Bertz CT molecular complexity index is 696. The first-order valence-corrected chi connectivity index (χ1v) is 5.63. The summed E-state index contributed by atoms with van der Waals surface area (Å²) in [6.45, 7) is 0. The third-order valence-corrected chi connectivity index (χ3v) is 2.77. The van der Waals surface area contributed by atoms with Crippen molar-refractivity contribution in [2.75, 3.05) is 12.2 Å². The molecule has 7 heteroatoms. The van der Waals surface area contributed by atoms with Gasteiger partial charge < -0.3 is 4.74 Å². The Labute approximate surface area is 108 Å². The van der Waals surface area contributed by atoms with Crippen molar-refractivity contribution in [1.82, 2.24) is 15.2 Å². The van der Waals surface area contributed by atoms with E-state index in [1.54, 1.807) is 35.4 Å². The van der Waals surface area contributed by atoms with Crippen molar-refractivity contribution in [2.24, 2.45) is 5.10 Å². The van der Waals surface area contributed by atoms with Gasteiger partial charge in [0, 0.05) is 10.2 Å². The second-order valence-corrected chi connectivity index (χ2v) is 4.08. The maximum atomic E-state index is 5.91. The van der Waals surface area contributed by atoms with Crippen LogP contribution in [0.1, 0.15) is 0 Å². The molecule has 0 saturated carbocycles. The molecule has 0 radical (unpaired) electrons. The minimum absolute atomic E-state index is 0.464. The van der Waals surface area contributed by atoms with Crippen LogP contribution in [0, 0.1) is 0 Å². The second kappa shape index (κ2) is 4.23. The molecule has 2 aromatic rings. The summed E-state index contributed by atoms with van der Waals surface area (Å²) >= 11 is 5.91. The predicted molar refractivity (Wildman–Crippen MR) is 66.8 cm³/mol. The summed E-state index contributed by atoms with van der Waals surface area (Å²) in [5.74, 6) is 0. The molecule has 0 saturated heterocycles. The van der Waals surface area contributed by atoms with Gasteiger partial charge in [-0.2, -0.15) is 20.4 Å². The Morgan fingerprint density at radius 3 is 3.11 bits per heavy atom. The number of ether oxygens (including phenoxy) is 1. The molecule has 0 fully saturated rings. The van der Waals surface area contributed by atoms with Crippen LogP contribution in [0.25, 0.3) is 6.20 Å². The van der Waals surface area contributed by atoms with Crippen LogP contribution in [0.4, 0.5) is 0 Å². The van der Waals surface area contributed by atoms with E-state index < -0.39 is 0 Å². The van der Waals surface area contributed by atoms with Crippen molar-refractivity contribution in [3.05, 3.63) is 46.2 Å². The Morgan fingerprint density at radius 1 is 1.39 bits per heavy atom. The number of rotatable bonds is 2. The van der Waals surface area contributed by atoms with Gasteiger partial charge in [-0.3, -0.25) is 0 Å². The number of nitrogens with zero attached hydrogens (tertiary/aromatic N) is 4. The van der Waals surface area contributed by atoms with Gasteiger partial charge in [-0.15, -0.1) is 0 Å². The van der Waals surface area contributed by atoms with E-state index in [-0.39, 0.29) is 0 Å². The van der Waals surface area contributed by atoms with E-state index in [1.807, 2.05) is 18.3 Å². The summed E-state index contributed by atoms with van der Waals surface area (Å²) in [5.41, 5.74) is 2.87. The molecule has 18 heavy (non-hydrogen) atoms. The molecule has 0 bridgehead atoms. The summed E-state index contributed by atoms with van der Waals surface area (Å²) < 4.78 is 6.83. The number of hydrogen-bond acceptors (Lipinski definition) is 5. The Kier molecular flexibility index (Phi) is 2.56. The highest BCUT2D eigenvalue weighted by molar-refractivity contribution is 6.30. The topological polar surface area (TPSA) is 54.7 Å². The number of halogens is 1. The van der Waals surface area contributed by atoms with Crippen molar-refractivity contribution in [3.63, 3.8) is 0 Å². The molecule has 0 aliphatic carbocycles. The van der Waals surface area contributed by atoms with Crippen LogP contribution < -0.4 is 26.0 Å². The van der Waals surface area contributed by atoms with Crippen LogP contribution >= 0.6 is 11.6 Å². The zero-order valence-electron chi connectivity index (χ0n) is 9.54. The number of benzene rings is 1. The summed E-state index contributed by atoms with van der Waals surface area (Å²) in [4.78, 5) is 4.06. The largest absolute Gasteiger partial charge is 0.467 e. The lowest BCUT2D eigenvalue weighted by atomic mass is 10.3. The first kappa shape index (κ1) is 10.9. The van der Waals surface area contributed by atoms with Gasteiger partial charge in [-0.1, -0.05) is 11.6 Å². The van der Waals surface area contributed by atoms with Crippen molar-refractivity contribution in [3.8, 4) is 6.01 Å². The molecule has 92 valence electrons. The Morgan fingerprint density at radius 2 is 2.28 bits per heavy atom. The van der Waals surface area contributed by atoms with Crippen molar-refractivity contribution >= 4 is 17.8 Å². The van der Waals surface area contributed by atoms with E-state index >= 15 is 0 Å². The monoisotopic (exact) mass is 263 g/mol. The van der Waals surface area contributed by atoms with Crippen LogP contribution in [0.3, 0.4) is 0 Å². The van der Waals surface area contributed by atoms with E-state index in [4.69, 9.17) is 16.3 Å².